The summed E-state index contributed by atoms with van der Waals surface area (Å²) in [5, 5.41) is 2.92. The summed E-state index contributed by atoms with van der Waals surface area (Å²) in [7, 11) is -1.78. The lowest BCUT2D eigenvalue weighted by atomic mass is 10.1. The number of benzene rings is 2. The van der Waals surface area contributed by atoms with Gasteiger partial charge in [0.05, 0.1) is 19.1 Å². The number of aryl methyl sites for hydroxylation is 2. The van der Waals surface area contributed by atoms with Gasteiger partial charge < -0.3 is 10.1 Å². The third kappa shape index (κ3) is 7.06. The van der Waals surface area contributed by atoms with Crippen molar-refractivity contribution < 1.29 is 17.9 Å². The molecule has 0 aliphatic rings. The van der Waals surface area contributed by atoms with Crippen LogP contribution < -0.4 is 14.4 Å². The molecular formula is C23H32N2O4S. The van der Waals surface area contributed by atoms with Gasteiger partial charge in [0.1, 0.15) is 5.75 Å². The molecule has 0 spiro atoms. The maximum Gasteiger partial charge on any atom is 0.232 e. The van der Waals surface area contributed by atoms with E-state index in [0.717, 1.165) is 29.7 Å². The molecule has 0 aliphatic carbocycles. The van der Waals surface area contributed by atoms with Crippen LogP contribution in [-0.4, -0.2) is 40.8 Å². The molecule has 0 aliphatic heterocycles. The number of hydrogen-bond acceptors (Lipinski definition) is 4. The quantitative estimate of drug-likeness (QED) is 0.551. The minimum absolute atomic E-state index is 0.0601. The molecule has 6 nitrogen and oxygen atoms in total. The van der Waals surface area contributed by atoms with Crippen LogP contribution in [0.25, 0.3) is 0 Å². The lowest BCUT2D eigenvalue weighted by molar-refractivity contribution is -0.121. The molecule has 2 aromatic rings. The number of carbonyl (C=O) groups excluding carboxylic acids is 1. The highest BCUT2D eigenvalue weighted by atomic mass is 32.2. The molecule has 164 valence electrons. The minimum Gasteiger partial charge on any atom is -0.497 e. The van der Waals surface area contributed by atoms with Gasteiger partial charge in [-0.1, -0.05) is 24.3 Å². The van der Waals surface area contributed by atoms with E-state index >= 15 is 0 Å². The highest BCUT2D eigenvalue weighted by Gasteiger charge is 2.19. The fraction of sp³-hybridized carbons (Fsp3) is 0.435. The van der Waals surface area contributed by atoms with E-state index in [-0.39, 0.29) is 18.9 Å². The van der Waals surface area contributed by atoms with Crippen molar-refractivity contribution in [3.63, 3.8) is 0 Å². The van der Waals surface area contributed by atoms with E-state index in [0.29, 0.717) is 18.7 Å². The molecule has 0 unspecified atom stereocenters. The van der Waals surface area contributed by atoms with Crippen molar-refractivity contribution in [2.75, 3.05) is 30.8 Å². The monoisotopic (exact) mass is 432 g/mol. The number of nitrogens with zero attached hydrogens (tertiary/aromatic N) is 1. The number of rotatable bonds is 11. The first-order chi connectivity index (χ1) is 14.2. The van der Waals surface area contributed by atoms with E-state index in [9.17, 15) is 13.2 Å². The zero-order chi connectivity index (χ0) is 22.1. The predicted molar refractivity (Wildman–Crippen MR) is 122 cm³/mol. The number of hydrogen-bond donors (Lipinski definition) is 1. The third-order valence-electron chi connectivity index (χ3n) is 5.11. The largest absolute Gasteiger partial charge is 0.497 e. The molecule has 0 atom stereocenters. The lowest BCUT2D eigenvalue weighted by Crippen LogP contribution is -2.33. The Morgan fingerprint density at radius 3 is 2.53 bits per heavy atom. The number of methoxy groups -OCH3 is 1. The van der Waals surface area contributed by atoms with Crippen LogP contribution in [-0.2, 0) is 21.2 Å². The zero-order valence-corrected chi connectivity index (χ0v) is 19.1. The maximum absolute atomic E-state index is 12.3. The molecule has 1 amide bonds. The Balaban J connectivity index is 1.79. The SMILES string of the molecule is COc1cccc(CCCNC(=O)CCCN(c2cccc(C)c2C)S(C)(=O)=O)c1. The van der Waals surface area contributed by atoms with Gasteiger partial charge in [0, 0.05) is 19.5 Å². The van der Waals surface area contributed by atoms with Gasteiger partial charge in [-0.15, -0.1) is 0 Å². The van der Waals surface area contributed by atoms with Crippen LogP contribution in [0.5, 0.6) is 5.75 Å². The van der Waals surface area contributed by atoms with E-state index in [1.54, 1.807) is 7.11 Å². The van der Waals surface area contributed by atoms with Crippen molar-refractivity contribution in [3.8, 4) is 5.75 Å². The maximum atomic E-state index is 12.3. The molecule has 0 radical (unpaired) electrons. The van der Waals surface area contributed by atoms with Crippen molar-refractivity contribution >= 4 is 21.6 Å². The Bertz CT molecular complexity index is 957. The summed E-state index contributed by atoms with van der Waals surface area (Å²) in [5.41, 5.74) is 3.82. The van der Waals surface area contributed by atoms with Crippen LogP contribution in [0.4, 0.5) is 5.69 Å². The second kappa shape index (κ2) is 11.0. The van der Waals surface area contributed by atoms with Crippen LogP contribution >= 0.6 is 0 Å². The fourth-order valence-corrected chi connectivity index (χ4v) is 4.31. The summed E-state index contributed by atoms with van der Waals surface area (Å²) in [5.74, 6) is 0.769. The number of ether oxygens (including phenoxy) is 1. The van der Waals surface area contributed by atoms with E-state index in [1.165, 1.54) is 16.1 Å². The molecule has 0 saturated carbocycles. The highest BCUT2D eigenvalue weighted by molar-refractivity contribution is 7.92. The molecule has 0 bridgehead atoms. The highest BCUT2D eigenvalue weighted by Crippen LogP contribution is 2.25. The summed E-state index contributed by atoms with van der Waals surface area (Å²) in [4.78, 5) is 12.1. The average Bonchev–Trinajstić information content (AvgIpc) is 2.70. The Morgan fingerprint density at radius 2 is 1.83 bits per heavy atom. The van der Waals surface area contributed by atoms with E-state index in [4.69, 9.17) is 4.74 Å². The number of nitrogens with one attached hydrogen (secondary N) is 1. The minimum atomic E-state index is -3.42. The van der Waals surface area contributed by atoms with Gasteiger partial charge in [-0.25, -0.2) is 8.42 Å². The second-order valence-corrected chi connectivity index (χ2v) is 9.37. The first-order valence-electron chi connectivity index (χ1n) is 10.2. The molecule has 0 saturated heterocycles. The van der Waals surface area contributed by atoms with Crippen molar-refractivity contribution in [1.82, 2.24) is 5.32 Å². The molecule has 2 rings (SSSR count). The Morgan fingerprint density at radius 1 is 1.10 bits per heavy atom. The molecule has 0 heterocycles. The second-order valence-electron chi connectivity index (χ2n) is 7.46. The number of amides is 1. The van der Waals surface area contributed by atoms with E-state index in [2.05, 4.69) is 5.32 Å². The topological polar surface area (TPSA) is 75.7 Å². The fourth-order valence-electron chi connectivity index (χ4n) is 3.29. The third-order valence-corrected chi connectivity index (χ3v) is 6.29. The normalized spacial score (nSPS) is 11.2. The van der Waals surface area contributed by atoms with E-state index < -0.39 is 10.0 Å². The number of anilines is 1. The Hall–Kier alpha value is -2.54. The zero-order valence-electron chi connectivity index (χ0n) is 18.3. The smallest absolute Gasteiger partial charge is 0.232 e. The average molecular weight is 433 g/mol. The lowest BCUT2D eigenvalue weighted by Gasteiger charge is -2.24. The molecule has 0 fully saturated rings. The van der Waals surface area contributed by atoms with E-state index in [1.807, 2.05) is 56.3 Å². The van der Waals surface area contributed by atoms with Gasteiger partial charge in [-0.3, -0.25) is 9.10 Å². The Labute approximate surface area is 180 Å². The van der Waals surface area contributed by atoms with Crippen LogP contribution in [0.15, 0.2) is 42.5 Å². The van der Waals surface area contributed by atoms with Gasteiger partial charge >= 0.3 is 0 Å². The number of carbonyl (C=O) groups is 1. The predicted octanol–water partition coefficient (Wildman–Crippen LogP) is 3.61. The Kier molecular flexibility index (Phi) is 8.72. The summed E-state index contributed by atoms with van der Waals surface area (Å²) < 4.78 is 31.2. The van der Waals surface area contributed by atoms with Crippen LogP contribution in [0, 0.1) is 13.8 Å². The van der Waals surface area contributed by atoms with Crippen molar-refractivity contribution in [3.05, 3.63) is 59.2 Å². The van der Waals surface area contributed by atoms with Crippen LogP contribution in [0.2, 0.25) is 0 Å². The van der Waals surface area contributed by atoms with Crippen molar-refractivity contribution in [2.24, 2.45) is 0 Å². The first kappa shape index (κ1) is 23.7. The first-order valence-corrected chi connectivity index (χ1v) is 12.0. The van der Waals surface area contributed by atoms with Gasteiger partial charge in [0.15, 0.2) is 0 Å². The molecule has 0 aromatic heterocycles. The number of sulfonamides is 1. The molecule has 7 heteroatoms. The van der Waals surface area contributed by atoms with Gasteiger partial charge in [0.25, 0.3) is 0 Å². The van der Waals surface area contributed by atoms with Crippen LogP contribution in [0.1, 0.15) is 36.0 Å². The van der Waals surface area contributed by atoms with Gasteiger partial charge in [-0.05, 0) is 68.0 Å². The standard InChI is InChI=1S/C23H32N2O4S/c1-18-9-5-13-22(19(18)2)25(30(4,27)28)16-8-14-23(26)24-15-7-11-20-10-6-12-21(17-20)29-3/h5-6,9-10,12-13,17H,7-8,11,14-16H2,1-4H3,(H,24,26). The summed E-state index contributed by atoms with van der Waals surface area (Å²) in [6.07, 6.45) is 3.63. The van der Waals surface area contributed by atoms with Gasteiger partial charge in [-0.2, -0.15) is 0 Å². The molecular weight excluding hydrogens is 400 g/mol. The van der Waals surface area contributed by atoms with Crippen LogP contribution in [0.3, 0.4) is 0 Å². The molecule has 1 N–H and O–H groups in total. The van der Waals surface area contributed by atoms with Crippen molar-refractivity contribution in [2.45, 2.75) is 39.5 Å². The summed E-state index contributed by atoms with van der Waals surface area (Å²) >= 11 is 0. The molecule has 2 aromatic carbocycles. The van der Waals surface area contributed by atoms with Crippen molar-refractivity contribution in [1.29, 1.82) is 0 Å². The molecule has 30 heavy (non-hydrogen) atoms. The summed E-state index contributed by atoms with van der Waals surface area (Å²) in [6.45, 7) is 4.74. The van der Waals surface area contributed by atoms with Gasteiger partial charge in [0.2, 0.25) is 15.9 Å². The summed E-state index contributed by atoms with van der Waals surface area (Å²) in [6, 6.07) is 13.5.